The lowest BCUT2D eigenvalue weighted by Gasteiger charge is -2.16. The number of anilines is 1. The molecule has 0 saturated heterocycles. The number of carboxylic acids is 1. The van der Waals surface area contributed by atoms with Crippen LogP contribution in [0.3, 0.4) is 0 Å². The third-order valence-corrected chi connectivity index (χ3v) is 5.53. The highest BCUT2D eigenvalue weighted by molar-refractivity contribution is 9.10. The van der Waals surface area contributed by atoms with Crippen molar-refractivity contribution in [3.05, 3.63) is 82.1 Å². The normalized spacial score (nSPS) is 10.9. The molecular weight excluding hydrogens is 570 g/mol. The molecule has 1 aromatic heterocycles. The topological polar surface area (TPSA) is 174 Å². The number of amidine groups is 1. The maximum absolute atomic E-state index is 12.4. The van der Waals surface area contributed by atoms with E-state index >= 15 is 0 Å². The number of hydrogen-bond donors (Lipinski definition) is 6. The van der Waals surface area contributed by atoms with Crippen LogP contribution in [0.4, 0.5) is 5.69 Å². The fourth-order valence-electron chi connectivity index (χ4n) is 3.10. The summed E-state index contributed by atoms with van der Waals surface area (Å²) in [6.07, 6.45) is 2.22. The summed E-state index contributed by atoms with van der Waals surface area (Å²) in [4.78, 5) is 39.5. The van der Waals surface area contributed by atoms with Crippen LogP contribution in [-0.2, 0) is 9.59 Å². The Morgan fingerprint density at radius 2 is 1.76 bits per heavy atom. The number of ether oxygens (including phenoxy) is 1. The Morgan fingerprint density at radius 1 is 1.05 bits per heavy atom. The highest BCUT2D eigenvalue weighted by Crippen LogP contribution is 2.32. The summed E-state index contributed by atoms with van der Waals surface area (Å²) < 4.78 is 6.29. The third kappa shape index (κ3) is 8.27. The van der Waals surface area contributed by atoms with E-state index in [9.17, 15) is 14.4 Å². The van der Waals surface area contributed by atoms with E-state index < -0.39 is 30.2 Å². The Hall–Kier alpha value is -4.00. The van der Waals surface area contributed by atoms with E-state index in [2.05, 4.69) is 31.5 Å². The molecule has 37 heavy (non-hydrogen) atoms. The number of benzene rings is 2. The number of carbonyl (C=O) groups excluding carboxylic acids is 2. The summed E-state index contributed by atoms with van der Waals surface area (Å²) in [6.45, 7) is 1.77. The zero-order valence-electron chi connectivity index (χ0n) is 19.3. The molecule has 0 spiro atoms. The number of rotatable bonds is 9. The van der Waals surface area contributed by atoms with Crippen LogP contribution >= 0.6 is 28.3 Å². The van der Waals surface area contributed by atoms with Crippen molar-refractivity contribution < 1.29 is 29.4 Å². The van der Waals surface area contributed by atoms with Gasteiger partial charge in [-0.2, -0.15) is 0 Å². The third-order valence-electron chi connectivity index (χ3n) is 4.91. The number of aromatic carboxylic acids is 1. The summed E-state index contributed by atoms with van der Waals surface area (Å²) >= 11 is 3.41. The first-order chi connectivity index (χ1) is 17.2. The average molecular weight is 593 g/mol. The fourth-order valence-corrected chi connectivity index (χ4v) is 3.58. The first-order valence-corrected chi connectivity index (χ1v) is 11.3. The van der Waals surface area contributed by atoms with E-state index in [1.807, 2.05) is 0 Å². The zero-order valence-corrected chi connectivity index (χ0v) is 21.7. The standard InChI is InChI=1S/C24H22BrN5O6.ClH/c1-13(28-21(31)10-22(32)29-17-5-2-14(3-6-17)23(26)30-35)15-4-7-20(19(25)9-15)36-18-8-16(24(33)34)11-27-12-18;/h2-9,11-13,35H,10H2,1H3,(H2,26,30)(H,28,31)(H,29,32)(H,33,34);1H. The van der Waals surface area contributed by atoms with Crippen LogP contribution in [0, 0.1) is 5.41 Å². The van der Waals surface area contributed by atoms with Crippen LogP contribution in [0.1, 0.15) is 40.9 Å². The molecule has 0 aliphatic rings. The molecule has 1 unspecified atom stereocenters. The first kappa shape index (κ1) is 29.2. The number of nitrogens with one attached hydrogen (secondary N) is 4. The number of carboxylic acid groups (broad SMARTS) is 1. The number of halogens is 2. The minimum atomic E-state index is -1.12. The van der Waals surface area contributed by atoms with Crippen molar-refractivity contribution in [2.75, 3.05) is 5.32 Å². The van der Waals surface area contributed by atoms with Crippen molar-refractivity contribution in [3.8, 4) is 11.5 Å². The Bertz CT molecular complexity index is 1310. The summed E-state index contributed by atoms with van der Waals surface area (Å²) in [7, 11) is 0. The van der Waals surface area contributed by atoms with E-state index in [4.69, 9.17) is 20.5 Å². The number of carbonyl (C=O) groups is 3. The van der Waals surface area contributed by atoms with Gasteiger partial charge in [-0.15, -0.1) is 12.4 Å². The number of amides is 2. The summed E-state index contributed by atoms with van der Waals surface area (Å²) in [5.41, 5.74) is 3.35. The van der Waals surface area contributed by atoms with E-state index in [1.165, 1.54) is 30.6 Å². The summed E-state index contributed by atoms with van der Waals surface area (Å²) in [5, 5.41) is 30.7. The molecule has 3 aromatic rings. The lowest BCUT2D eigenvalue weighted by Crippen LogP contribution is -2.30. The maximum atomic E-state index is 12.4. The van der Waals surface area contributed by atoms with Gasteiger partial charge >= 0.3 is 5.97 Å². The van der Waals surface area contributed by atoms with Crippen LogP contribution in [0.2, 0.25) is 0 Å². The van der Waals surface area contributed by atoms with Crippen molar-refractivity contribution in [3.63, 3.8) is 0 Å². The van der Waals surface area contributed by atoms with Crippen LogP contribution in [0.15, 0.2) is 65.4 Å². The molecular formula is C24H23BrClN5O6. The molecule has 1 atom stereocenters. The van der Waals surface area contributed by atoms with Gasteiger partial charge in [0.2, 0.25) is 11.8 Å². The summed E-state index contributed by atoms with van der Waals surface area (Å²) in [6, 6.07) is 12.3. The highest BCUT2D eigenvalue weighted by atomic mass is 79.9. The van der Waals surface area contributed by atoms with Crippen LogP contribution < -0.4 is 20.9 Å². The van der Waals surface area contributed by atoms with E-state index in [0.29, 0.717) is 21.5 Å². The molecule has 13 heteroatoms. The van der Waals surface area contributed by atoms with Gasteiger partial charge in [0.05, 0.1) is 22.3 Å². The predicted octanol–water partition coefficient (Wildman–Crippen LogP) is 4.27. The first-order valence-electron chi connectivity index (χ1n) is 10.5. The van der Waals surface area contributed by atoms with Gasteiger partial charge in [0.15, 0.2) is 0 Å². The highest BCUT2D eigenvalue weighted by Gasteiger charge is 2.16. The Balaban J connectivity index is 0.00000481. The van der Waals surface area contributed by atoms with Gasteiger partial charge in [-0.3, -0.25) is 30.7 Å². The number of nitrogens with zero attached hydrogens (tertiary/aromatic N) is 1. The van der Waals surface area contributed by atoms with E-state index in [1.54, 1.807) is 42.7 Å². The quantitative estimate of drug-likeness (QED) is 0.0925. The molecule has 0 radical (unpaired) electrons. The molecule has 1 heterocycles. The largest absolute Gasteiger partial charge is 0.478 e. The summed E-state index contributed by atoms with van der Waals surface area (Å²) in [5.74, 6) is -1.60. The van der Waals surface area contributed by atoms with Gasteiger partial charge < -0.3 is 20.5 Å². The number of hydrogen-bond acceptors (Lipinski definition) is 7. The Morgan fingerprint density at radius 3 is 2.38 bits per heavy atom. The van der Waals surface area contributed by atoms with Gasteiger partial charge in [-0.1, -0.05) is 6.07 Å². The molecule has 3 rings (SSSR count). The molecule has 0 bridgehead atoms. The van der Waals surface area contributed by atoms with Gasteiger partial charge in [0, 0.05) is 17.4 Å². The molecule has 2 aromatic carbocycles. The van der Waals surface area contributed by atoms with Crippen molar-refractivity contribution in [1.29, 1.82) is 5.41 Å². The minimum Gasteiger partial charge on any atom is -0.478 e. The SMILES string of the molecule is CC(NC(=O)CC(=O)Nc1ccc(C(=N)NO)cc1)c1ccc(Oc2cncc(C(=O)O)c2)c(Br)c1.Cl. The van der Waals surface area contributed by atoms with Gasteiger partial charge in [-0.25, -0.2) is 4.79 Å². The van der Waals surface area contributed by atoms with Crippen LogP contribution in [0.5, 0.6) is 11.5 Å². The zero-order chi connectivity index (χ0) is 26.2. The monoisotopic (exact) mass is 591 g/mol. The van der Waals surface area contributed by atoms with Gasteiger partial charge in [-0.05, 0) is 70.9 Å². The molecule has 6 N–H and O–H groups in total. The molecule has 0 aliphatic carbocycles. The van der Waals surface area contributed by atoms with Crippen LogP contribution in [-0.4, -0.2) is 38.9 Å². The number of hydroxylamine groups is 1. The number of pyridine rings is 1. The second-order valence-corrected chi connectivity index (χ2v) is 8.44. The molecule has 0 saturated carbocycles. The van der Waals surface area contributed by atoms with Gasteiger partial charge in [0.25, 0.3) is 0 Å². The Kier molecular flexibility index (Phi) is 10.5. The van der Waals surface area contributed by atoms with Crippen molar-refractivity contribution in [2.24, 2.45) is 0 Å². The minimum absolute atomic E-state index is 0. The molecule has 194 valence electrons. The van der Waals surface area contributed by atoms with Crippen molar-refractivity contribution in [1.82, 2.24) is 15.8 Å². The number of aromatic nitrogens is 1. The molecule has 0 aliphatic heterocycles. The fraction of sp³-hybridized carbons (Fsp3) is 0.125. The van der Waals surface area contributed by atoms with Crippen molar-refractivity contribution >= 4 is 57.6 Å². The van der Waals surface area contributed by atoms with E-state index in [0.717, 1.165) is 5.56 Å². The molecule has 0 fully saturated rings. The molecule has 2 amide bonds. The second-order valence-electron chi connectivity index (χ2n) is 7.58. The van der Waals surface area contributed by atoms with Gasteiger partial charge in [0.1, 0.15) is 23.8 Å². The van der Waals surface area contributed by atoms with E-state index in [-0.39, 0.29) is 29.6 Å². The maximum Gasteiger partial charge on any atom is 0.337 e. The van der Waals surface area contributed by atoms with Crippen LogP contribution in [0.25, 0.3) is 0 Å². The molecule has 11 nitrogen and oxygen atoms in total. The van der Waals surface area contributed by atoms with Crippen molar-refractivity contribution in [2.45, 2.75) is 19.4 Å². The predicted molar refractivity (Wildman–Crippen MR) is 141 cm³/mol. The lowest BCUT2D eigenvalue weighted by atomic mass is 10.1. The lowest BCUT2D eigenvalue weighted by molar-refractivity contribution is -0.127. The smallest absolute Gasteiger partial charge is 0.337 e. The Labute approximate surface area is 226 Å². The average Bonchev–Trinajstić information content (AvgIpc) is 2.85. The second kappa shape index (κ2) is 13.3.